The maximum Gasteiger partial charge on any atom is 0.265 e. The van der Waals surface area contributed by atoms with E-state index in [4.69, 9.17) is 4.52 Å². The van der Waals surface area contributed by atoms with Gasteiger partial charge in [-0.3, -0.25) is 4.57 Å². The van der Waals surface area contributed by atoms with E-state index in [1.807, 2.05) is 18.2 Å². The second-order valence-corrected chi connectivity index (χ2v) is 10.3. The predicted molar refractivity (Wildman–Crippen MR) is 109 cm³/mol. The van der Waals surface area contributed by atoms with Crippen LogP contribution in [0.15, 0.2) is 48.5 Å². The van der Waals surface area contributed by atoms with Gasteiger partial charge in [-0.25, -0.2) is 0 Å². The maximum absolute atomic E-state index is 14.2. The Balaban J connectivity index is 2.08. The van der Waals surface area contributed by atoms with Crippen molar-refractivity contribution in [2.24, 2.45) is 17.8 Å². The summed E-state index contributed by atoms with van der Waals surface area (Å²) in [6.07, 6.45) is 2.89. The van der Waals surface area contributed by atoms with E-state index in [0.29, 0.717) is 23.1 Å². The number of benzene rings is 2. The first-order valence-electron chi connectivity index (χ1n) is 9.68. The van der Waals surface area contributed by atoms with Crippen LogP contribution in [0.3, 0.4) is 0 Å². The molecule has 1 fully saturated rings. The maximum atomic E-state index is 14.2. The van der Waals surface area contributed by atoms with Gasteiger partial charge in [-0.15, -0.1) is 0 Å². The second-order valence-electron chi connectivity index (χ2n) is 8.03. The highest BCUT2D eigenvalue weighted by molar-refractivity contribution is 7.74. The van der Waals surface area contributed by atoms with Crippen LogP contribution in [0.5, 0.6) is 11.5 Å². The van der Waals surface area contributed by atoms with Gasteiger partial charge in [0, 0.05) is 5.30 Å². The highest BCUT2D eigenvalue weighted by Gasteiger charge is 2.40. The van der Waals surface area contributed by atoms with Crippen molar-refractivity contribution in [2.75, 3.05) is 0 Å². The first-order chi connectivity index (χ1) is 12.8. The van der Waals surface area contributed by atoms with Gasteiger partial charge >= 0.3 is 0 Å². The first-order valence-corrected chi connectivity index (χ1v) is 11.3. The van der Waals surface area contributed by atoms with Gasteiger partial charge in [-0.2, -0.15) is 0 Å². The Morgan fingerprint density at radius 2 is 1.78 bits per heavy atom. The first kappa shape index (κ1) is 20.0. The fraction of sp³-hybridized carbons (Fsp3) is 0.455. The highest BCUT2D eigenvalue weighted by atomic mass is 31.2. The molecule has 3 rings (SSSR count). The summed E-state index contributed by atoms with van der Waals surface area (Å²) in [5.74, 6) is 1.08. The smallest absolute Gasteiger partial charge is 0.265 e. The molecule has 0 heterocycles. The van der Waals surface area contributed by atoms with Crippen molar-refractivity contribution in [2.45, 2.75) is 46.1 Å². The Labute approximate surface area is 161 Å². The van der Waals surface area contributed by atoms with E-state index in [1.165, 1.54) is 18.2 Å². The van der Waals surface area contributed by atoms with Crippen LogP contribution in [0.1, 0.15) is 40.0 Å². The average molecular weight is 388 g/mol. The summed E-state index contributed by atoms with van der Waals surface area (Å²) < 4.78 is 20.7. The molecule has 0 aliphatic heterocycles. The molecule has 2 aromatic carbocycles. The molecular formula is C22H29O4P. The summed E-state index contributed by atoms with van der Waals surface area (Å²) in [5, 5.41) is 21.1. The quantitative estimate of drug-likeness (QED) is 0.570. The van der Waals surface area contributed by atoms with Gasteiger partial charge in [0.15, 0.2) is 0 Å². The van der Waals surface area contributed by atoms with Crippen molar-refractivity contribution in [1.29, 1.82) is 0 Å². The zero-order valence-corrected chi connectivity index (χ0v) is 17.1. The van der Waals surface area contributed by atoms with Gasteiger partial charge in [0.2, 0.25) is 0 Å². The molecule has 2 aromatic rings. The molecule has 5 heteroatoms. The van der Waals surface area contributed by atoms with Crippen molar-refractivity contribution in [3.05, 3.63) is 48.5 Å². The van der Waals surface area contributed by atoms with Crippen LogP contribution in [-0.4, -0.2) is 16.3 Å². The van der Waals surface area contributed by atoms with Gasteiger partial charge in [-0.05, 0) is 60.9 Å². The van der Waals surface area contributed by atoms with E-state index in [-0.39, 0.29) is 22.9 Å². The molecule has 0 spiro atoms. The van der Waals surface area contributed by atoms with E-state index in [0.717, 1.165) is 19.3 Å². The molecule has 0 radical (unpaired) electrons. The lowest BCUT2D eigenvalue weighted by molar-refractivity contribution is 0.0514. The lowest BCUT2D eigenvalue weighted by Gasteiger charge is -2.39. The molecule has 1 aliphatic rings. The molecule has 4 atom stereocenters. The standard InChI is InChI=1S/C22H29O4P/c1-15(2)19-11-9-16(3)13-21(19)26-27(25,18-7-5-4-6-8-18)22-14-17(23)10-12-20(22)24/h4-8,10,12,14-16,19,21,23-24H,9,11,13H2,1-3H3/t16-,19+,21-,27?/m1/s1. The Morgan fingerprint density at radius 3 is 2.44 bits per heavy atom. The molecule has 0 bridgehead atoms. The lowest BCUT2D eigenvalue weighted by Crippen LogP contribution is -2.36. The zero-order chi connectivity index (χ0) is 19.6. The molecule has 146 valence electrons. The van der Waals surface area contributed by atoms with Crippen molar-refractivity contribution < 1.29 is 19.3 Å². The second kappa shape index (κ2) is 8.08. The number of rotatable bonds is 5. The number of phenolic OH excluding ortho intramolecular Hbond substituents is 2. The molecule has 1 aliphatic carbocycles. The Bertz CT molecular complexity index is 818. The topological polar surface area (TPSA) is 66.8 Å². The summed E-state index contributed by atoms with van der Waals surface area (Å²) in [6.45, 7) is 6.55. The normalized spacial score (nSPS) is 25.3. The summed E-state index contributed by atoms with van der Waals surface area (Å²) in [4.78, 5) is 0. The van der Waals surface area contributed by atoms with Crippen LogP contribution in [0.4, 0.5) is 0 Å². The fourth-order valence-electron chi connectivity index (χ4n) is 4.06. The largest absolute Gasteiger partial charge is 0.508 e. The summed E-state index contributed by atoms with van der Waals surface area (Å²) in [7, 11) is -3.57. The average Bonchev–Trinajstić information content (AvgIpc) is 2.64. The highest BCUT2D eigenvalue weighted by Crippen LogP contribution is 2.52. The Hall–Kier alpha value is -1.77. The van der Waals surface area contributed by atoms with E-state index in [1.54, 1.807) is 12.1 Å². The number of phenols is 2. The van der Waals surface area contributed by atoms with Gasteiger partial charge < -0.3 is 14.7 Å². The van der Waals surface area contributed by atoms with E-state index in [2.05, 4.69) is 20.8 Å². The van der Waals surface area contributed by atoms with Crippen LogP contribution >= 0.6 is 7.37 Å². The van der Waals surface area contributed by atoms with E-state index < -0.39 is 7.37 Å². The molecule has 27 heavy (non-hydrogen) atoms. The third kappa shape index (κ3) is 4.23. The van der Waals surface area contributed by atoms with Crippen molar-refractivity contribution in [3.63, 3.8) is 0 Å². The van der Waals surface area contributed by atoms with Crippen molar-refractivity contribution in [3.8, 4) is 11.5 Å². The van der Waals surface area contributed by atoms with Crippen LogP contribution in [0.2, 0.25) is 0 Å². The molecule has 1 unspecified atom stereocenters. The zero-order valence-electron chi connectivity index (χ0n) is 16.2. The van der Waals surface area contributed by atoms with Gasteiger partial charge in [-0.1, -0.05) is 45.4 Å². The summed E-state index contributed by atoms with van der Waals surface area (Å²) in [6, 6.07) is 13.1. The third-order valence-corrected chi connectivity index (χ3v) is 8.16. The van der Waals surface area contributed by atoms with Crippen LogP contribution in [0, 0.1) is 17.8 Å². The lowest BCUT2D eigenvalue weighted by atomic mass is 9.75. The van der Waals surface area contributed by atoms with Crippen LogP contribution < -0.4 is 10.6 Å². The molecular weight excluding hydrogens is 359 g/mol. The van der Waals surface area contributed by atoms with Crippen molar-refractivity contribution in [1.82, 2.24) is 0 Å². The minimum Gasteiger partial charge on any atom is -0.508 e. The van der Waals surface area contributed by atoms with Crippen LogP contribution in [0.25, 0.3) is 0 Å². The molecule has 2 N–H and O–H groups in total. The summed E-state index contributed by atoms with van der Waals surface area (Å²) in [5.41, 5.74) is 0. The number of aromatic hydroxyl groups is 2. The van der Waals surface area contributed by atoms with Gasteiger partial charge in [0.25, 0.3) is 7.37 Å². The third-order valence-electron chi connectivity index (χ3n) is 5.62. The Morgan fingerprint density at radius 1 is 1.07 bits per heavy atom. The Kier molecular flexibility index (Phi) is 5.98. The van der Waals surface area contributed by atoms with Gasteiger partial charge in [0.05, 0.1) is 11.4 Å². The SMILES string of the molecule is CC(C)[C@@H]1CC[C@@H](C)C[C@H]1OP(=O)(c1ccccc1)c1cc(O)ccc1O. The minimum atomic E-state index is -3.57. The molecule has 0 aromatic heterocycles. The number of hydrogen-bond acceptors (Lipinski definition) is 4. The monoisotopic (exact) mass is 388 g/mol. The van der Waals surface area contributed by atoms with E-state index in [9.17, 15) is 14.8 Å². The fourth-order valence-corrected chi connectivity index (χ4v) is 6.44. The van der Waals surface area contributed by atoms with Crippen LogP contribution in [-0.2, 0) is 9.09 Å². The molecule has 0 saturated heterocycles. The molecule has 4 nitrogen and oxygen atoms in total. The van der Waals surface area contributed by atoms with Gasteiger partial charge in [0.1, 0.15) is 11.5 Å². The van der Waals surface area contributed by atoms with E-state index >= 15 is 0 Å². The summed E-state index contributed by atoms with van der Waals surface area (Å²) >= 11 is 0. The molecule has 0 amide bonds. The minimum absolute atomic E-state index is 0.0417. The van der Waals surface area contributed by atoms with Crippen molar-refractivity contribution >= 4 is 18.0 Å². The number of hydrogen-bond donors (Lipinski definition) is 2. The molecule has 1 saturated carbocycles. The predicted octanol–water partition coefficient (Wildman–Crippen LogP) is 4.80.